The van der Waals surface area contributed by atoms with Gasteiger partial charge in [0.25, 0.3) is 0 Å². The van der Waals surface area contributed by atoms with E-state index in [4.69, 9.17) is 17.3 Å². The number of halogens is 1. The van der Waals surface area contributed by atoms with Crippen LogP contribution in [-0.4, -0.2) is 9.97 Å². The molecule has 1 saturated carbocycles. The largest absolute Gasteiger partial charge is 0.369 e. The number of nitrogens with two attached hydrogens (primary N) is 1. The molecule has 12 heavy (non-hydrogen) atoms. The van der Waals surface area contributed by atoms with E-state index in [1.54, 1.807) is 0 Å². The molecule has 0 aliphatic heterocycles. The average Bonchev–Trinajstić information content (AvgIpc) is 2.58. The Bertz CT molecular complexity index is 276. The Balaban J connectivity index is 2.25. The van der Waals surface area contributed by atoms with Crippen LogP contribution >= 0.6 is 11.6 Å². The van der Waals surface area contributed by atoms with Crippen molar-refractivity contribution in [1.82, 2.24) is 9.97 Å². The molecule has 1 aromatic heterocycles. The molecule has 0 aromatic carbocycles. The van der Waals surface area contributed by atoms with Gasteiger partial charge in [-0.2, -0.15) is 0 Å². The van der Waals surface area contributed by atoms with Crippen LogP contribution in [0.1, 0.15) is 37.3 Å². The van der Waals surface area contributed by atoms with E-state index in [1.807, 2.05) is 0 Å². The molecule has 2 rings (SSSR count). The Morgan fingerprint density at radius 3 is 2.58 bits per heavy atom. The highest BCUT2D eigenvalue weighted by molar-refractivity contribution is 6.30. The summed E-state index contributed by atoms with van der Waals surface area (Å²) in [6.07, 6.45) is 5.00. The lowest BCUT2D eigenvalue weighted by molar-refractivity contribution is 0.703. The first-order chi connectivity index (χ1) is 5.77. The maximum Gasteiger partial charge on any atom is 0.199 e. The van der Waals surface area contributed by atoms with Crippen molar-refractivity contribution in [3.63, 3.8) is 0 Å². The van der Waals surface area contributed by atoms with Gasteiger partial charge >= 0.3 is 0 Å². The fraction of sp³-hybridized carbons (Fsp3) is 0.625. The van der Waals surface area contributed by atoms with Crippen molar-refractivity contribution in [2.24, 2.45) is 0 Å². The molecule has 4 heteroatoms. The molecule has 1 aromatic rings. The molecule has 3 nitrogen and oxygen atoms in total. The fourth-order valence-corrected chi connectivity index (χ4v) is 2.16. The average molecular weight is 186 g/mol. The first-order valence-corrected chi connectivity index (χ1v) is 4.66. The molecule has 1 aliphatic carbocycles. The summed E-state index contributed by atoms with van der Waals surface area (Å²) in [6, 6.07) is 0. The summed E-state index contributed by atoms with van der Waals surface area (Å²) in [5.74, 6) is 0.990. The van der Waals surface area contributed by atoms with Crippen LogP contribution in [0.4, 0.5) is 5.95 Å². The molecule has 0 atom stereocenters. The standard InChI is InChI=1S/C8H12ClN3/c9-7-6(11-8(10)12-7)5-3-1-2-4-5/h5H,1-4H2,(H3,10,11,12). The highest BCUT2D eigenvalue weighted by atomic mass is 35.5. The van der Waals surface area contributed by atoms with E-state index < -0.39 is 0 Å². The smallest absolute Gasteiger partial charge is 0.199 e. The summed E-state index contributed by atoms with van der Waals surface area (Å²) in [4.78, 5) is 6.96. The summed E-state index contributed by atoms with van der Waals surface area (Å²) in [6.45, 7) is 0. The van der Waals surface area contributed by atoms with E-state index in [-0.39, 0.29) is 0 Å². The van der Waals surface area contributed by atoms with Crippen LogP contribution in [0, 0.1) is 0 Å². The number of hydrogen-bond donors (Lipinski definition) is 2. The molecule has 0 unspecified atom stereocenters. The number of hydrogen-bond acceptors (Lipinski definition) is 2. The predicted octanol–water partition coefficient (Wildman–Crippen LogP) is 2.30. The molecule has 1 fully saturated rings. The minimum Gasteiger partial charge on any atom is -0.369 e. The number of nitrogen functional groups attached to an aromatic ring is 1. The molecule has 66 valence electrons. The lowest BCUT2D eigenvalue weighted by atomic mass is 10.1. The van der Waals surface area contributed by atoms with Gasteiger partial charge in [0.15, 0.2) is 11.1 Å². The van der Waals surface area contributed by atoms with E-state index in [0.29, 0.717) is 17.0 Å². The van der Waals surface area contributed by atoms with E-state index in [2.05, 4.69) is 9.97 Å². The second-order valence-corrected chi connectivity index (χ2v) is 3.67. The molecular formula is C8H12ClN3. The van der Waals surface area contributed by atoms with E-state index >= 15 is 0 Å². The number of H-pyrrole nitrogens is 1. The molecule has 0 bridgehead atoms. The third kappa shape index (κ3) is 1.29. The molecule has 0 amide bonds. The monoisotopic (exact) mass is 185 g/mol. The molecule has 0 spiro atoms. The van der Waals surface area contributed by atoms with Gasteiger partial charge in [0.2, 0.25) is 0 Å². The second kappa shape index (κ2) is 2.98. The minimum atomic E-state index is 0.432. The number of aromatic nitrogens is 2. The fourth-order valence-electron chi connectivity index (χ4n) is 1.87. The summed E-state index contributed by atoms with van der Waals surface area (Å²) >= 11 is 5.90. The Morgan fingerprint density at radius 1 is 1.42 bits per heavy atom. The van der Waals surface area contributed by atoms with Crippen molar-refractivity contribution in [1.29, 1.82) is 0 Å². The topological polar surface area (TPSA) is 54.7 Å². The second-order valence-electron chi connectivity index (χ2n) is 3.31. The molecule has 1 heterocycles. The van der Waals surface area contributed by atoms with Gasteiger partial charge in [-0.25, -0.2) is 4.98 Å². The highest BCUT2D eigenvalue weighted by Gasteiger charge is 2.21. The predicted molar refractivity (Wildman–Crippen MR) is 49.2 cm³/mol. The quantitative estimate of drug-likeness (QED) is 0.706. The van der Waals surface area contributed by atoms with Crippen molar-refractivity contribution in [3.05, 3.63) is 10.8 Å². The Kier molecular flexibility index (Phi) is 1.97. The number of nitrogens with one attached hydrogen (secondary N) is 1. The summed E-state index contributed by atoms with van der Waals surface area (Å²) in [5.41, 5.74) is 6.53. The maximum absolute atomic E-state index is 5.90. The molecule has 3 N–H and O–H groups in total. The number of imidazole rings is 1. The highest BCUT2D eigenvalue weighted by Crippen LogP contribution is 2.36. The lowest BCUT2D eigenvalue weighted by Crippen LogP contribution is -1.93. The summed E-state index contributed by atoms with van der Waals surface area (Å²) in [5, 5.41) is 0.555. The van der Waals surface area contributed by atoms with Crippen molar-refractivity contribution < 1.29 is 0 Å². The zero-order chi connectivity index (χ0) is 8.55. The van der Waals surface area contributed by atoms with Gasteiger partial charge in [0.1, 0.15) is 0 Å². The lowest BCUT2D eigenvalue weighted by Gasteiger charge is -2.04. The van der Waals surface area contributed by atoms with Crippen molar-refractivity contribution in [3.8, 4) is 0 Å². The number of anilines is 1. The van der Waals surface area contributed by atoms with Gasteiger partial charge in [-0.3, -0.25) is 0 Å². The normalized spacial score (nSPS) is 18.8. The summed E-state index contributed by atoms with van der Waals surface area (Å²) < 4.78 is 0. The van der Waals surface area contributed by atoms with E-state index in [1.165, 1.54) is 25.7 Å². The zero-order valence-corrected chi connectivity index (χ0v) is 7.56. The molecule has 0 saturated heterocycles. The van der Waals surface area contributed by atoms with Gasteiger partial charge in [-0.15, -0.1) is 0 Å². The SMILES string of the molecule is Nc1nc(Cl)c(C2CCCC2)[nH]1. The zero-order valence-electron chi connectivity index (χ0n) is 6.81. The van der Waals surface area contributed by atoms with Crippen molar-refractivity contribution in [2.75, 3.05) is 5.73 Å². The van der Waals surface area contributed by atoms with Crippen LogP contribution in [0.25, 0.3) is 0 Å². The van der Waals surface area contributed by atoms with E-state index in [9.17, 15) is 0 Å². The molecular weight excluding hydrogens is 174 g/mol. The van der Waals surface area contributed by atoms with Crippen LogP contribution < -0.4 is 5.73 Å². The Labute approximate surface area is 76.3 Å². The number of rotatable bonds is 1. The Hall–Kier alpha value is -0.700. The maximum atomic E-state index is 5.90. The van der Waals surface area contributed by atoms with Crippen LogP contribution in [0.3, 0.4) is 0 Å². The van der Waals surface area contributed by atoms with Gasteiger partial charge in [0, 0.05) is 5.92 Å². The van der Waals surface area contributed by atoms with Crippen LogP contribution in [-0.2, 0) is 0 Å². The van der Waals surface area contributed by atoms with Crippen LogP contribution in [0.15, 0.2) is 0 Å². The van der Waals surface area contributed by atoms with Crippen LogP contribution in [0.5, 0.6) is 0 Å². The minimum absolute atomic E-state index is 0.432. The van der Waals surface area contributed by atoms with Gasteiger partial charge in [0.05, 0.1) is 5.69 Å². The Morgan fingerprint density at radius 2 is 2.08 bits per heavy atom. The summed E-state index contributed by atoms with van der Waals surface area (Å²) in [7, 11) is 0. The first kappa shape index (κ1) is 7.92. The van der Waals surface area contributed by atoms with Gasteiger partial charge in [-0.05, 0) is 12.8 Å². The molecule has 0 radical (unpaired) electrons. The van der Waals surface area contributed by atoms with Crippen molar-refractivity contribution in [2.45, 2.75) is 31.6 Å². The third-order valence-corrected chi connectivity index (χ3v) is 2.76. The first-order valence-electron chi connectivity index (χ1n) is 4.28. The third-order valence-electron chi connectivity index (χ3n) is 2.47. The van der Waals surface area contributed by atoms with E-state index in [0.717, 1.165) is 5.69 Å². The van der Waals surface area contributed by atoms with Gasteiger partial charge < -0.3 is 10.7 Å². The van der Waals surface area contributed by atoms with Gasteiger partial charge in [-0.1, -0.05) is 24.4 Å². The molecule has 1 aliphatic rings. The number of nitrogens with zero attached hydrogens (tertiary/aromatic N) is 1. The van der Waals surface area contributed by atoms with Crippen molar-refractivity contribution >= 4 is 17.5 Å². The number of aromatic amines is 1. The van der Waals surface area contributed by atoms with Crippen LogP contribution in [0.2, 0.25) is 5.15 Å².